The van der Waals surface area contributed by atoms with Gasteiger partial charge in [-0.2, -0.15) is 0 Å². The fourth-order valence-corrected chi connectivity index (χ4v) is 3.25. The van der Waals surface area contributed by atoms with Crippen LogP contribution >= 0.6 is 11.6 Å². The average molecular weight is 400 g/mol. The van der Waals surface area contributed by atoms with E-state index in [0.29, 0.717) is 16.5 Å². The number of hydrogen-bond acceptors (Lipinski definition) is 4. The van der Waals surface area contributed by atoms with E-state index >= 15 is 0 Å². The number of esters is 1. The molecule has 0 N–H and O–H groups in total. The molecule has 1 saturated heterocycles. The second kappa shape index (κ2) is 8.57. The zero-order valence-corrected chi connectivity index (χ0v) is 16.6. The molecule has 2 aromatic rings. The fourth-order valence-electron chi connectivity index (χ4n) is 3.13. The zero-order valence-electron chi connectivity index (χ0n) is 15.9. The molecule has 1 fully saturated rings. The highest BCUT2D eigenvalue weighted by atomic mass is 35.5. The number of carbonyl (C=O) groups excluding carboxylic acids is 3. The summed E-state index contributed by atoms with van der Waals surface area (Å²) in [7, 11) is 0. The van der Waals surface area contributed by atoms with Gasteiger partial charge in [-0.25, -0.2) is 0 Å². The summed E-state index contributed by atoms with van der Waals surface area (Å²) in [6.45, 7) is 4.11. The van der Waals surface area contributed by atoms with Crippen molar-refractivity contribution >= 4 is 34.9 Å². The number of Topliss-reactive ketones (excluding diaryl/α,β-unsaturated/α-hetero) is 1. The summed E-state index contributed by atoms with van der Waals surface area (Å²) in [5.41, 5.74) is 2.38. The molecule has 3 rings (SSSR count). The van der Waals surface area contributed by atoms with E-state index in [1.54, 1.807) is 29.2 Å². The van der Waals surface area contributed by atoms with Crippen LogP contribution < -0.4 is 4.90 Å². The van der Waals surface area contributed by atoms with Crippen molar-refractivity contribution in [3.05, 3.63) is 64.7 Å². The van der Waals surface area contributed by atoms with Gasteiger partial charge in [0.25, 0.3) is 0 Å². The number of anilines is 1. The molecule has 1 aliphatic rings. The summed E-state index contributed by atoms with van der Waals surface area (Å²) in [5.74, 6) is -1.13. The highest BCUT2D eigenvalue weighted by Crippen LogP contribution is 2.27. The first kappa shape index (κ1) is 20.1. The lowest BCUT2D eigenvalue weighted by molar-refractivity contribution is -0.147. The Morgan fingerprint density at radius 2 is 1.75 bits per heavy atom. The zero-order chi connectivity index (χ0) is 20.3. The highest BCUT2D eigenvalue weighted by molar-refractivity contribution is 6.30. The Kier molecular flexibility index (Phi) is 6.15. The maximum Gasteiger partial charge on any atom is 0.311 e. The molecular weight excluding hydrogens is 378 g/mol. The van der Waals surface area contributed by atoms with Gasteiger partial charge in [-0.05, 0) is 47.9 Å². The minimum Gasteiger partial charge on any atom is -0.457 e. The standard InChI is InChI=1S/C22H22ClNO4/c1-14(2)15-5-9-19(10-6-15)24-12-17(11-21(24)26)22(27)28-13-20(25)16-3-7-18(23)8-4-16/h3-10,14,17H,11-13H2,1-2H3. The van der Waals surface area contributed by atoms with E-state index in [2.05, 4.69) is 13.8 Å². The van der Waals surface area contributed by atoms with E-state index in [4.69, 9.17) is 16.3 Å². The Labute approximate surface area is 169 Å². The van der Waals surface area contributed by atoms with Crippen LogP contribution in [0.3, 0.4) is 0 Å². The van der Waals surface area contributed by atoms with Crippen molar-refractivity contribution in [3.63, 3.8) is 0 Å². The van der Waals surface area contributed by atoms with E-state index in [9.17, 15) is 14.4 Å². The lowest BCUT2D eigenvalue weighted by Gasteiger charge is -2.17. The van der Waals surface area contributed by atoms with Gasteiger partial charge in [0.1, 0.15) is 0 Å². The first-order chi connectivity index (χ1) is 13.3. The molecule has 1 atom stereocenters. The predicted octanol–water partition coefficient (Wildman–Crippen LogP) is 4.24. The lowest BCUT2D eigenvalue weighted by Crippen LogP contribution is -2.27. The normalized spacial score (nSPS) is 16.5. The third-order valence-corrected chi connectivity index (χ3v) is 5.09. The van der Waals surface area contributed by atoms with Crippen molar-refractivity contribution in [3.8, 4) is 0 Å². The van der Waals surface area contributed by atoms with Gasteiger partial charge in [-0.1, -0.05) is 37.6 Å². The molecule has 0 aliphatic carbocycles. The first-order valence-electron chi connectivity index (χ1n) is 9.21. The van der Waals surface area contributed by atoms with E-state index in [1.807, 2.05) is 24.3 Å². The van der Waals surface area contributed by atoms with Crippen molar-refractivity contribution in [1.29, 1.82) is 0 Å². The Bertz CT molecular complexity index is 874. The summed E-state index contributed by atoms with van der Waals surface area (Å²) in [6.07, 6.45) is 0.0832. The van der Waals surface area contributed by atoms with Gasteiger partial charge in [-0.3, -0.25) is 14.4 Å². The van der Waals surface area contributed by atoms with Gasteiger partial charge in [-0.15, -0.1) is 0 Å². The van der Waals surface area contributed by atoms with Crippen LogP contribution in [0.2, 0.25) is 5.02 Å². The molecule has 6 heteroatoms. The number of nitrogens with zero attached hydrogens (tertiary/aromatic N) is 1. The molecule has 1 amide bonds. The van der Waals surface area contributed by atoms with Gasteiger partial charge >= 0.3 is 5.97 Å². The number of hydrogen-bond donors (Lipinski definition) is 0. The van der Waals surface area contributed by atoms with Crippen molar-refractivity contribution in [2.24, 2.45) is 5.92 Å². The Morgan fingerprint density at radius 1 is 1.11 bits per heavy atom. The van der Waals surface area contributed by atoms with Crippen LogP contribution in [0, 0.1) is 5.92 Å². The van der Waals surface area contributed by atoms with E-state index in [-0.39, 0.29) is 31.3 Å². The topological polar surface area (TPSA) is 63.7 Å². The van der Waals surface area contributed by atoms with Crippen LogP contribution in [0.15, 0.2) is 48.5 Å². The Balaban J connectivity index is 1.57. The fraction of sp³-hybridized carbons (Fsp3) is 0.318. The van der Waals surface area contributed by atoms with Crippen LogP contribution in [-0.2, 0) is 14.3 Å². The number of benzene rings is 2. The number of carbonyl (C=O) groups is 3. The molecule has 28 heavy (non-hydrogen) atoms. The molecule has 0 aromatic heterocycles. The number of amides is 1. The molecule has 0 radical (unpaired) electrons. The molecule has 1 unspecified atom stereocenters. The van der Waals surface area contributed by atoms with Gasteiger partial charge in [0.2, 0.25) is 5.91 Å². The van der Waals surface area contributed by atoms with E-state index in [1.165, 1.54) is 5.56 Å². The molecule has 1 aliphatic heterocycles. The summed E-state index contributed by atoms with van der Waals surface area (Å²) >= 11 is 5.80. The van der Waals surface area contributed by atoms with Gasteiger partial charge in [0.05, 0.1) is 5.92 Å². The molecule has 5 nitrogen and oxygen atoms in total. The molecule has 1 heterocycles. The summed E-state index contributed by atoms with van der Waals surface area (Å²) in [4.78, 5) is 38.4. The summed E-state index contributed by atoms with van der Waals surface area (Å²) < 4.78 is 5.16. The van der Waals surface area contributed by atoms with Crippen molar-refractivity contribution in [2.75, 3.05) is 18.1 Å². The Hall–Kier alpha value is -2.66. The first-order valence-corrected chi connectivity index (χ1v) is 9.58. The summed E-state index contributed by atoms with van der Waals surface area (Å²) in [5, 5.41) is 0.527. The summed E-state index contributed by atoms with van der Waals surface area (Å²) in [6, 6.07) is 14.1. The largest absolute Gasteiger partial charge is 0.457 e. The molecule has 0 bridgehead atoms. The predicted molar refractivity (Wildman–Crippen MR) is 108 cm³/mol. The van der Waals surface area contributed by atoms with Crippen LogP contribution in [0.1, 0.15) is 42.1 Å². The number of rotatable bonds is 6. The number of ketones is 1. The monoisotopic (exact) mass is 399 g/mol. The molecule has 0 saturated carbocycles. The molecular formula is C22H22ClNO4. The average Bonchev–Trinajstić information content (AvgIpc) is 3.08. The van der Waals surface area contributed by atoms with Crippen molar-refractivity contribution in [1.82, 2.24) is 0 Å². The van der Waals surface area contributed by atoms with Gasteiger partial charge < -0.3 is 9.64 Å². The quantitative estimate of drug-likeness (QED) is 0.538. The lowest BCUT2D eigenvalue weighted by atomic mass is 10.0. The molecule has 2 aromatic carbocycles. The number of ether oxygens (including phenoxy) is 1. The van der Waals surface area contributed by atoms with Crippen LogP contribution in [0.5, 0.6) is 0 Å². The van der Waals surface area contributed by atoms with Crippen LogP contribution in [-0.4, -0.2) is 30.8 Å². The maximum absolute atomic E-state index is 12.3. The van der Waals surface area contributed by atoms with Crippen LogP contribution in [0.25, 0.3) is 0 Å². The Morgan fingerprint density at radius 3 is 2.36 bits per heavy atom. The van der Waals surface area contributed by atoms with Gasteiger partial charge in [0.15, 0.2) is 12.4 Å². The van der Waals surface area contributed by atoms with Crippen molar-refractivity contribution in [2.45, 2.75) is 26.2 Å². The smallest absolute Gasteiger partial charge is 0.311 e. The molecule has 0 spiro atoms. The number of halogens is 1. The SMILES string of the molecule is CC(C)c1ccc(N2CC(C(=O)OCC(=O)c3ccc(Cl)cc3)CC2=O)cc1. The van der Waals surface area contributed by atoms with E-state index in [0.717, 1.165) is 5.69 Å². The molecule has 146 valence electrons. The van der Waals surface area contributed by atoms with Crippen molar-refractivity contribution < 1.29 is 19.1 Å². The second-order valence-corrected chi connectivity index (χ2v) is 7.63. The second-order valence-electron chi connectivity index (χ2n) is 7.19. The third kappa shape index (κ3) is 4.60. The van der Waals surface area contributed by atoms with Crippen LogP contribution in [0.4, 0.5) is 5.69 Å². The highest BCUT2D eigenvalue weighted by Gasteiger charge is 2.36. The van der Waals surface area contributed by atoms with Gasteiger partial charge in [0, 0.05) is 29.2 Å². The third-order valence-electron chi connectivity index (χ3n) is 4.84. The minimum atomic E-state index is -0.574. The van der Waals surface area contributed by atoms with E-state index < -0.39 is 11.9 Å². The maximum atomic E-state index is 12.3. The minimum absolute atomic E-state index is 0.0832.